The second-order valence-corrected chi connectivity index (χ2v) is 4.01. The SMILES string of the molecule is C=CC1CC(CCC)OC1CCC. The lowest BCUT2D eigenvalue weighted by Crippen LogP contribution is -2.14. The first-order chi connectivity index (χ1) is 6.31. The highest BCUT2D eigenvalue weighted by Gasteiger charge is 2.31. The molecule has 1 heteroatoms. The lowest BCUT2D eigenvalue weighted by Gasteiger charge is -2.14. The molecule has 3 unspecified atom stereocenters. The molecule has 0 aromatic carbocycles. The number of ether oxygens (including phenoxy) is 1. The fourth-order valence-electron chi connectivity index (χ4n) is 2.18. The van der Waals surface area contributed by atoms with Crippen LogP contribution >= 0.6 is 0 Å². The Morgan fingerprint density at radius 3 is 2.54 bits per heavy atom. The van der Waals surface area contributed by atoms with Gasteiger partial charge in [0.1, 0.15) is 0 Å². The largest absolute Gasteiger partial charge is 0.374 e. The zero-order valence-corrected chi connectivity index (χ0v) is 8.96. The van der Waals surface area contributed by atoms with Gasteiger partial charge in [-0.15, -0.1) is 6.58 Å². The molecule has 0 spiro atoms. The fraction of sp³-hybridized carbons (Fsp3) is 0.833. The zero-order valence-electron chi connectivity index (χ0n) is 8.96. The third kappa shape index (κ3) is 2.84. The maximum absolute atomic E-state index is 5.97. The molecule has 1 fully saturated rings. The molecule has 1 aliphatic heterocycles. The molecule has 1 heterocycles. The van der Waals surface area contributed by atoms with Crippen LogP contribution in [-0.2, 0) is 4.74 Å². The molecule has 0 aromatic heterocycles. The first-order valence-electron chi connectivity index (χ1n) is 5.59. The highest BCUT2D eigenvalue weighted by molar-refractivity contribution is 4.92. The average molecular weight is 182 g/mol. The van der Waals surface area contributed by atoms with Gasteiger partial charge in [-0.05, 0) is 19.3 Å². The van der Waals surface area contributed by atoms with Gasteiger partial charge in [-0.1, -0.05) is 32.8 Å². The Labute approximate surface area is 82.2 Å². The quantitative estimate of drug-likeness (QED) is 0.591. The van der Waals surface area contributed by atoms with Crippen LogP contribution in [0.2, 0.25) is 0 Å². The summed E-state index contributed by atoms with van der Waals surface area (Å²) in [4.78, 5) is 0. The van der Waals surface area contributed by atoms with Crippen molar-refractivity contribution in [3.05, 3.63) is 12.7 Å². The smallest absolute Gasteiger partial charge is 0.0642 e. The summed E-state index contributed by atoms with van der Waals surface area (Å²) in [5, 5.41) is 0. The maximum Gasteiger partial charge on any atom is 0.0642 e. The van der Waals surface area contributed by atoms with E-state index < -0.39 is 0 Å². The highest BCUT2D eigenvalue weighted by Crippen LogP contribution is 2.32. The van der Waals surface area contributed by atoms with Gasteiger partial charge in [0.05, 0.1) is 12.2 Å². The van der Waals surface area contributed by atoms with Gasteiger partial charge in [-0.25, -0.2) is 0 Å². The normalized spacial score (nSPS) is 33.5. The Morgan fingerprint density at radius 2 is 2.00 bits per heavy atom. The van der Waals surface area contributed by atoms with Crippen molar-refractivity contribution in [3.8, 4) is 0 Å². The van der Waals surface area contributed by atoms with E-state index in [4.69, 9.17) is 4.74 Å². The number of hydrogen-bond donors (Lipinski definition) is 0. The van der Waals surface area contributed by atoms with Crippen LogP contribution in [0.5, 0.6) is 0 Å². The Hall–Kier alpha value is -0.300. The average Bonchev–Trinajstić information content (AvgIpc) is 2.49. The molecule has 3 atom stereocenters. The van der Waals surface area contributed by atoms with E-state index in [0.717, 1.165) is 0 Å². The van der Waals surface area contributed by atoms with Crippen molar-refractivity contribution < 1.29 is 4.74 Å². The summed E-state index contributed by atoms with van der Waals surface area (Å²) >= 11 is 0. The molecule has 0 radical (unpaired) electrons. The van der Waals surface area contributed by atoms with Crippen molar-refractivity contribution in [2.45, 2.75) is 58.2 Å². The standard InChI is InChI=1S/C12H22O/c1-4-7-11-9-10(6-3)12(13-11)8-5-2/h6,10-12H,3-5,7-9H2,1-2H3. The second kappa shape index (κ2) is 5.43. The number of hydrogen-bond acceptors (Lipinski definition) is 1. The van der Waals surface area contributed by atoms with E-state index in [1.807, 2.05) is 0 Å². The third-order valence-corrected chi connectivity index (χ3v) is 2.87. The monoisotopic (exact) mass is 182 g/mol. The van der Waals surface area contributed by atoms with Crippen LogP contribution in [0.4, 0.5) is 0 Å². The molecular weight excluding hydrogens is 160 g/mol. The van der Waals surface area contributed by atoms with Crippen LogP contribution in [0, 0.1) is 5.92 Å². The first-order valence-corrected chi connectivity index (χ1v) is 5.59. The van der Waals surface area contributed by atoms with E-state index in [0.29, 0.717) is 18.1 Å². The summed E-state index contributed by atoms with van der Waals surface area (Å²) < 4.78 is 5.97. The summed E-state index contributed by atoms with van der Waals surface area (Å²) in [5.74, 6) is 0.608. The van der Waals surface area contributed by atoms with Crippen molar-refractivity contribution in [1.29, 1.82) is 0 Å². The van der Waals surface area contributed by atoms with E-state index in [1.54, 1.807) is 0 Å². The van der Waals surface area contributed by atoms with E-state index in [-0.39, 0.29) is 0 Å². The van der Waals surface area contributed by atoms with Crippen molar-refractivity contribution in [1.82, 2.24) is 0 Å². The van der Waals surface area contributed by atoms with Crippen molar-refractivity contribution in [3.63, 3.8) is 0 Å². The molecule has 0 N–H and O–H groups in total. The summed E-state index contributed by atoms with van der Waals surface area (Å²) in [6.07, 6.45) is 9.09. The molecule has 13 heavy (non-hydrogen) atoms. The van der Waals surface area contributed by atoms with Crippen molar-refractivity contribution in [2.24, 2.45) is 5.92 Å². The molecule has 1 rings (SSSR count). The molecule has 0 bridgehead atoms. The van der Waals surface area contributed by atoms with E-state index in [2.05, 4.69) is 26.5 Å². The Bertz CT molecular complexity index is 153. The fourth-order valence-corrected chi connectivity index (χ4v) is 2.18. The molecular formula is C12H22O. The van der Waals surface area contributed by atoms with Gasteiger partial charge in [0, 0.05) is 5.92 Å². The topological polar surface area (TPSA) is 9.23 Å². The Morgan fingerprint density at radius 1 is 1.31 bits per heavy atom. The lowest BCUT2D eigenvalue weighted by atomic mass is 9.96. The molecule has 1 aliphatic rings. The van der Waals surface area contributed by atoms with Crippen LogP contribution in [0.3, 0.4) is 0 Å². The molecule has 1 saturated heterocycles. The minimum atomic E-state index is 0.457. The summed E-state index contributed by atoms with van der Waals surface area (Å²) in [6.45, 7) is 8.33. The number of rotatable bonds is 5. The van der Waals surface area contributed by atoms with Gasteiger partial charge in [0.2, 0.25) is 0 Å². The minimum Gasteiger partial charge on any atom is -0.374 e. The predicted molar refractivity (Wildman–Crippen MR) is 56.8 cm³/mol. The summed E-state index contributed by atoms with van der Waals surface area (Å²) in [7, 11) is 0. The summed E-state index contributed by atoms with van der Waals surface area (Å²) in [6, 6.07) is 0. The van der Waals surface area contributed by atoms with Crippen LogP contribution in [0.25, 0.3) is 0 Å². The zero-order chi connectivity index (χ0) is 9.68. The molecule has 0 amide bonds. The molecule has 0 aliphatic carbocycles. The van der Waals surface area contributed by atoms with Gasteiger partial charge >= 0.3 is 0 Å². The second-order valence-electron chi connectivity index (χ2n) is 4.01. The molecule has 1 nitrogen and oxygen atoms in total. The van der Waals surface area contributed by atoms with E-state index >= 15 is 0 Å². The van der Waals surface area contributed by atoms with Gasteiger partial charge in [0.15, 0.2) is 0 Å². The first kappa shape index (κ1) is 10.8. The third-order valence-electron chi connectivity index (χ3n) is 2.87. The van der Waals surface area contributed by atoms with Crippen LogP contribution in [-0.4, -0.2) is 12.2 Å². The van der Waals surface area contributed by atoms with Gasteiger partial charge < -0.3 is 4.74 Å². The van der Waals surface area contributed by atoms with Gasteiger partial charge in [-0.2, -0.15) is 0 Å². The summed E-state index contributed by atoms with van der Waals surface area (Å²) in [5.41, 5.74) is 0. The van der Waals surface area contributed by atoms with Crippen molar-refractivity contribution >= 4 is 0 Å². The van der Waals surface area contributed by atoms with Crippen LogP contribution in [0.15, 0.2) is 12.7 Å². The minimum absolute atomic E-state index is 0.457. The molecule has 76 valence electrons. The van der Waals surface area contributed by atoms with Crippen molar-refractivity contribution in [2.75, 3.05) is 0 Å². The lowest BCUT2D eigenvalue weighted by molar-refractivity contribution is 0.0293. The van der Waals surface area contributed by atoms with Crippen LogP contribution in [0.1, 0.15) is 46.0 Å². The highest BCUT2D eigenvalue weighted by atomic mass is 16.5. The Balaban J connectivity index is 2.40. The van der Waals surface area contributed by atoms with Gasteiger partial charge in [0.25, 0.3) is 0 Å². The van der Waals surface area contributed by atoms with Gasteiger partial charge in [-0.3, -0.25) is 0 Å². The Kier molecular flexibility index (Phi) is 4.51. The molecule has 0 aromatic rings. The maximum atomic E-state index is 5.97. The van der Waals surface area contributed by atoms with Crippen LogP contribution < -0.4 is 0 Å². The van der Waals surface area contributed by atoms with E-state index in [1.165, 1.54) is 32.1 Å². The van der Waals surface area contributed by atoms with E-state index in [9.17, 15) is 0 Å². The predicted octanol–water partition coefficient (Wildman–Crippen LogP) is 3.55. The molecule has 0 saturated carbocycles.